The van der Waals surface area contributed by atoms with Crippen molar-refractivity contribution < 1.29 is 19.0 Å². The van der Waals surface area contributed by atoms with Gasteiger partial charge in [0.25, 0.3) is 0 Å². The predicted molar refractivity (Wildman–Crippen MR) is 96.3 cm³/mol. The maximum Gasteiger partial charge on any atom is 0.246 e. The van der Waals surface area contributed by atoms with Crippen molar-refractivity contribution in [3.05, 3.63) is 35.9 Å². The van der Waals surface area contributed by atoms with Crippen LogP contribution < -0.4 is 4.74 Å². The zero-order valence-electron chi connectivity index (χ0n) is 14.9. The van der Waals surface area contributed by atoms with Crippen molar-refractivity contribution >= 4 is 12.0 Å². The largest absolute Gasteiger partial charge is 0.494 e. The van der Waals surface area contributed by atoms with Gasteiger partial charge in [-0.25, -0.2) is 0 Å². The molecule has 0 spiro atoms. The Hall–Kier alpha value is -1.85. The van der Waals surface area contributed by atoms with Crippen LogP contribution in [0.25, 0.3) is 6.08 Å². The molecule has 2 aliphatic heterocycles. The lowest BCUT2D eigenvalue weighted by atomic mass is 9.96. The number of carbonyl (C=O) groups excluding carboxylic acids is 1. The van der Waals surface area contributed by atoms with Gasteiger partial charge in [-0.15, -0.1) is 0 Å². The summed E-state index contributed by atoms with van der Waals surface area (Å²) in [5.74, 6) is 1.34. The lowest BCUT2D eigenvalue weighted by Crippen LogP contribution is -2.40. The van der Waals surface area contributed by atoms with Gasteiger partial charge in [0.1, 0.15) is 5.75 Å². The topological polar surface area (TPSA) is 48.0 Å². The molecule has 5 heteroatoms. The van der Waals surface area contributed by atoms with E-state index in [-0.39, 0.29) is 12.2 Å². The summed E-state index contributed by atoms with van der Waals surface area (Å²) in [6, 6.07) is 7.81. The van der Waals surface area contributed by atoms with E-state index in [1.807, 2.05) is 35.2 Å². The molecule has 0 unspecified atom stereocenters. The van der Waals surface area contributed by atoms with Crippen molar-refractivity contribution in [2.24, 2.45) is 5.92 Å². The van der Waals surface area contributed by atoms with Gasteiger partial charge in [0.2, 0.25) is 5.91 Å². The van der Waals surface area contributed by atoms with E-state index < -0.39 is 0 Å². The number of hydrogen-bond donors (Lipinski definition) is 0. The predicted octanol–water partition coefficient (Wildman–Crippen LogP) is 3.10. The zero-order valence-corrected chi connectivity index (χ0v) is 14.9. The van der Waals surface area contributed by atoms with E-state index in [1.165, 1.54) is 0 Å². The Morgan fingerprint density at radius 3 is 2.52 bits per heavy atom. The van der Waals surface area contributed by atoms with Gasteiger partial charge in [-0.2, -0.15) is 0 Å². The Labute approximate surface area is 149 Å². The monoisotopic (exact) mass is 345 g/mol. The van der Waals surface area contributed by atoms with Gasteiger partial charge in [0, 0.05) is 25.1 Å². The Bertz CT molecular complexity index is 570. The number of ether oxygens (including phenoxy) is 3. The second-order valence-corrected chi connectivity index (χ2v) is 6.52. The fourth-order valence-corrected chi connectivity index (χ4v) is 3.21. The summed E-state index contributed by atoms with van der Waals surface area (Å²) in [7, 11) is 0. The highest BCUT2D eigenvalue weighted by molar-refractivity contribution is 5.91. The van der Waals surface area contributed by atoms with Crippen LogP contribution in [-0.2, 0) is 14.3 Å². The number of likely N-dealkylation sites (tertiary alicyclic amines) is 1. The second-order valence-electron chi connectivity index (χ2n) is 6.52. The van der Waals surface area contributed by atoms with Gasteiger partial charge in [0.15, 0.2) is 6.29 Å². The van der Waals surface area contributed by atoms with Crippen LogP contribution in [0.1, 0.15) is 31.7 Å². The molecule has 0 radical (unpaired) electrons. The highest BCUT2D eigenvalue weighted by Crippen LogP contribution is 2.26. The van der Waals surface area contributed by atoms with Crippen molar-refractivity contribution in [2.75, 3.05) is 32.9 Å². The first-order valence-corrected chi connectivity index (χ1v) is 9.19. The van der Waals surface area contributed by atoms with Crippen LogP contribution in [-0.4, -0.2) is 50.0 Å². The van der Waals surface area contributed by atoms with Gasteiger partial charge in [-0.3, -0.25) is 4.79 Å². The molecular weight excluding hydrogens is 318 g/mol. The number of carbonyl (C=O) groups is 1. The molecule has 2 aliphatic rings. The van der Waals surface area contributed by atoms with Gasteiger partial charge in [0.05, 0.1) is 19.8 Å². The molecule has 2 fully saturated rings. The molecule has 1 amide bonds. The summed E-state index contributed by atoms with van der Waals surface area (Å²) in [6.07, 6.45) is 6.32. The number of hydrogen-bond acceptors (Lipinski definition) is 4. The fourth-order valence-electron chi connectivity index (χ4n) is 3.21. The van der Waals surface area contributed by atoms with E-state index in [2.05, 4.69) is 6.92 Å². The Balaban J connectivity index is 1.46. The molecule has 0 saturated carbocycles. The van der Waals surface area contributed by atoms with Gasteiger partial charge < -0.3 is 19.1 Å². The third-order valence-corrected chi connectivity index (χ3v) is 4.66. The van der Waals surface area contributed by atoms with Crippen LogP contribution in [0.15, 0.2) is 30.3 Å². The van der Waals surface area contributed by atoms with E-state index in [1.54, 1.807) is 6.08 Å². The number of amides is 1. The smallest absolute Gasteiger partial charge is 0.246 e. The molecule has 0 atom stereocenters. The van der Waals surface area contributed by atoms with Crippen LogP contribution in [0.2, 0.25) is 0 Å². The standard InChI is InChI=1S/C20H27NO4/c1-2-13-23-18-6-3-16(4-7-18)5-8-19(22)21-11-9-17(10-12-21)20-24-14-15-25-20/h3-8,17,20H,2,9-15H2,1H3/b8-5+. The molecular formula is C20H27NO4. The SMILES string of the molecule is CCCOc1ccc(/C=C/C(=O)N2CCC(C3OCCO3)CC2)cc1. The first-order valence-electron chi connectivity index (χ1n) is 9.19. The normalized spacial score (nSPS) is 19.6. The van der Waals surface area contributed by atoms with Gasteiger partial charge in [-0.1, -0.05) is 19.1 Å². The van der Waals surface area contributed by atoms with Gasteiger partial charge in [-0.05, 0) is 43.0 Å². The van der Waals surface area contributed by atoms with E-state index in [9.17, 15) is 4.79 Å². The highest BCUT2D eigenvalue weighted by Gasteiger charge is 2.31. The molecule has 0 N–H and O–H groups in total. The molecule has 1 aromatic rings. The van der Waals surface area contributed by atoms with Crippen LogP contribution in [0.5, 0.6) is 5.75 Å². The lowest BCUT2D eigenvalue weighted by Gasteiger charge is -2.33. The van der Waals surface area contributed by atoms with Crippen molar-refractivity contribution in [2.45, 2.75) is 32.5 Å². The Morgan fingerprint density at radius 1 is 1.20 bits per heavy atom. The van der Waals surface area contributed by atoms with Gasteiger partial charge >= 0.3 is 0 Å². The van der Waals surface area contributed by atoms with Crippen LogP contribution in [0.4, 0.5) is 0 Å². The van der Waals surface area contributed by atoms with Crippen LogP contribution >= 0.6 is 0 Å². The van der Waals surface area contributed by atoms with E-state index in [4.69, 9.17) is 14.2 Å². The minimum absolute atomic E-state index is 0.0676. The van der Waals surface area contributed by atoms with Crippen molar-refractivity contribution in [3.63, 3.8) is 0 Å². The number of rotatable bonds is 6. The number of benzene rings is 1. The summed E-state index contributed by atoms with van der Waals surface area (Å²) >= 11 is 0. The van der Waals surface area contributed by atoms with Crippen molar-refractivity contribution in [1.82, 2.24) is 4.90 Å². The summed E-state index contributed by atoms with van der Waals surface area (Å²) in [5, 5.41) is 0. The molecule has 1 aromatic carbocycles. The van der Waals surface area contributed by atoms with E-state index >= 15 is 0 Å². The van der Waals surface area contributed by atoms with E-state index in [0.717, 1.165) is 50.3 Å². The summed E-state index contributed by atoms with van der Waals surface area (Å²) in [5.41, 5.74) is 1.000. The van der Waals surface area contributed by atoms with Crippen molar-refractivity contribution in [3.8, 4) is 5.75 Å². The third-order valence-electron chi connectivity index (χ3n) is 4.66. The maximum absolute atomic E-state index is 12.4. The quantitative estimate of drug-likeness (QED) is 0.744. The second kappa shape index (κ2) is 9.02. The van der Waals surface area contributed by atoms with E-state index in [0.29, 0.717) is 19.1 Å². The first kappa shape index (κ1) is 18.0. The minimum Gasteiger partial charge on any atom is -0.494 e. The average Bonchev–Trinajstić information content (AvgIpc) is 3.20. The number of piperidine rings is 1. The number of nitrogens with zero attached hydrogens (tertiary/aromatic N) is 1. The molecule has 0 bridgehead atoms. The minimum atomic E-state index is -0.0683. The molecule has 25 heavy (non-hydrogen) atoms. The first-order chi connectivity index (χ1) is 12.3. The molecule has 0 aliphatic carbocycles. The van der Waals surface area contributed by atoms with Crippen LogP contribution in [0.3, 0.4) is 0 Å². The molecule has 2 saturated heterocycles. The van der Waals surface area contributed by atoms with Crippen molar-refractivity contribution in [1.29, 1.82) is 0 Å². The molecule has 3 rings (SSSR count). The zero-order chi connectivity index (χ0) is 17.5. The molecule has 0 aromatic heterocycles. The lowest BCUT2D eigenvalue weighted by molar-refractivity contribution is -0.131. The molecule has 2 heterocycles. The fraction of sp³-hybridized carbons (Fsp3) is 0.550. The molecule has 136 valence electrons. The maximum atomic E-state index is 12.4. The summed E-state index contributed by atoms with van der Waals surface area (Å²) in [4.78, 5) is 14.3. The van der Waals surface area contributed by atoms with Crippen LogP contribution in [0, 0.1) is 5.92 Å². The Morgan fingerprint density at radius 2 is 1.88 bits per heavy atom. The Kier molecular flexibility index (Phi) is 6.48. The third kappa shape index (κ3) is 5.06. The average molecular weight is 345 g/mol. The highest BCUT2D eigenvalue weighted by atomic mass is 16.7. The summed E-state index contributed by atoms with van der Waals surface area (Å²) in [6.45, 7) is 5.71. The molecule has 5 nitrogen and oxygen atoms in total. The summed E-state index contributed by atoms with van der Waals surface area (Å²) < 4.78 is 16.7.